The fraction of sp³-hybridized carbons (Fsp3) is 0.875. The van der Waals surface area contributed by atoms with E-state index in [1.807, 2.05) is 6.92 Å². The molecule has 0 radical (unpaired) electrons. The maximum absolute atomic E-state index is 11.2. The van der Waals surface area contributed by atoms with Gasteiger partial charge in [0.1, 0.15) is 17.5 Å². The third-order valence-corrected chi connectivity index (χ3v) is 3.13. The summed E-state index contributed by atoms with van der Waals surface area (Å²) in [5.74, 6) is 0.0310. The van der Waals surface area contributed by atoms with Crippen LogP contribution in [0.15, 0.2) is 0 Å². The van der Waals surface area contributed by atoms with Crippen LogP contribution in [0.4, 0.5) is 0 Å². The molecule has 78 valence electrons. The van der Waals surface area contributed by atoms with Gasteiger partial charge >= 0.3 is 5.97 Å². The summed E-state index contributed by atoms with van der Waals surface area (Å²) in [6.45, 7) is 2.03. The Labute approximate surface area is 81.7 Å². The van der Waals surface area contributed by atoms with Gasteiger partial charge in [0.05, 0.1) is 0 Å². The number of nitrogens with two attached hydrogens (primary N) is 1. The molecule has 0 saturated heterocycles. The van der Waals surface area contributed by atoms with E-state index in [2.05, 4.69) is 0 Å². The summed E-state index contributed by atoms with van der Waals surface area (Å²) in [4.78, 5) is 10.3. The van der Waals surface area contributed by atoms with Crippen molar-refractivity contribution in [2.24, 2.45) is 5.73 Å². The summed E-state index contributed by atoms with van der Waals surface area (Å²) in [6, 6.07) is -0.870. The molecule has 3 N–H and O–H groups in total. The van der Waals surface area contributed by atoms with Crippen LogP contribution < -0.4 is 5.73 Å². The molecule has 0 saturated carbocycles. The predicted molar refractivity (Wildman–Crippen MR) is 53.0 cm³/mol. The lowest BCUT2D eigenvalue weighted by atomic mass is 10.2. The van der Waals surface area contributed by atoms with E-state index in [1.54, 1.807) is 0 Å². The Morgan fingerprint density at radius 2 is 2.23 bits per heavy atom. The molecular weight excluding hydrogens is 190 g/mol. The molecule has 0 spiro atoms. The third kappa shape index (κ3) is 6.86. The monoisotopic (exact) mass is 207 g/mol. The van der Waals surface area contributed by atoms with E-state index < -0.39 is 23.2 Å². The van der Waals surface area contributed by atoms with Gasteiger partial charge in [0.2, 0.25) is 0 Å². The van der Waals surface area contributed by atoms with Crippen molar-refractivity contribution in [2.75, 3.05) is 11.5 Å². The molecule has 4 nitrogen and oxygen atoms in total. The molecule has 13 heavy (non-hydrogen) atoms. The Balaban J connectivity index is 3.45. The van der Waals surface area contributed by atoms with Crippen molar-refractivity contribution in [3.05, 3.63) is 0 Å². The van der Waals surface area contributed by atoms with Crippen LogP contribution in [0.25, 0.3) is 0 Å². The molecular formula is C8H17NO3S. The van der Waals surface area contributed by atoms with E-state index in [0.29, 0.717) is 17.9 Å². The number of hydrogen-bond acceptors (Lipinski definition) is 3. The quantitative estimate of drug-likeness (QED) is 0.589. The number of unbranched alkanes of at least 4 members (excludes halogenated alkanes) is 1. The van der Waals surface area contributed by atoms with Gasteiger partial charge in [0.25, 0.3) is 0 Å². The van der Waals surface area contributed by atoms with Crippen LogP contribution in [0.5, 0.6) is 0 Å². The number of aliphatic carboxylic acids is 1. The zero-order chi connectivity index (χ0) is 10.3. The van der Waals surface area contributed by atoms with Gasteiger partial charge in [-0.25, -0.2) is 0 Å². The van der Waals surface area contributed by atoms with E-state index in [9.17, 15) is 9.35 Å². The fourth-order valence-electron chi connectivity index (χ4n) is 0.789. The lowest BCUT2D eigenvalue weighted by molar-refractivity contribution is -0.138. The second kappa shape index (κ2) is 7.17. The largest absolute Gasteiger partial charge is 0.616 e. The van der Waals surface area contributed by atoms with E-state index in [-0.39, 0.29) is 0 Å². The van der Waals surface area contributed by atoms with Gasteiger partial charge in [0.15, 0.2) is 0 Å². The minimum Gasteiger partial charge on any atom is -0.616 e. The third-order valence-electron chi connectivity index (χ3n) is 1.70. The first-order valence-electron chi connectivity index (χ1n) is 4.41. The van der Waals surface area contributed by atoms with Gasteiger partial charge in [0, 0.05) is 6.42 Å². The Kier molecular flexibility index (Phi) is 7.03. The molecule has 0 aromatic carbocycles. The van der Waals surface area contributed by atoms with Crippen LogP contribution in [0, 0.1) is 0 Å². The van der Waals surface area contributed by atoms with Crippen LogP contribution in [0.2, 0.25) is 0 Å². The first kappa shape index (κ1) is 12.7. The van der Waals surface area contributed by atoms with E-state index in [4.69, 9.17) is 10.8 Å². The maximum atomic E-state index is 11.2. The summed E-state index contributed by atoms with van der Waals surface area (Å²) in [6.07, 6.45) is 2.23. The van der Waals surface area contributed by atoms with Gasteiger partial charge in [-0.1, -0.05) is 24.5 Å². The summed E-state index contributed by atoms with van der Waals surface area (Å²) in [5.41, 5.74) is 5.26. The van der Waals surface area contributed by atoms with Crippen molar-refractivity contribution in [1.82, 2.24) is 0 Å². The summed E-state index contributed by atoms with van der Waals surface area (Å²) < 4.78 is 11.2. The molecule has 0 bridgehead atoms. The van der Waals surface area contributed by atoms with Gasteiger partial charge in [-0.15, -0.1) is 0 Å². The van der Waals surface area contributed by atoms with Crippen molar-refractivity contribution >= 4 is 17.1 Å². The topological polar surface area (TPSA) is 86.4 Å². The number of carboxylic acid groups (broad SMARTS) is 1. The molecule has 0 fully saturated rings. The van der Waals surface area contributed by atoms with Crippen LogP contribution in [0.1, 0.15) is 26.2 Å². The highest BCUT2D eigenvalue weighted by molar-refractivity contribution is 7.91. The minimum atomic E-state index is -1.02. The van der Waals surface area contributed by atoms with Gasteiger partial charge in [-0.2, -0.15) is 0 Å². The number of hydrogen-bond donors (Lipinski definition) is 2. The molecule has 0 aliphatic carbocycles. The van der Waals surface area contributed by atoms with E-state index >= 15 is 0 Å². The van der Waals surface area contributed by atoms with Crippen LogP contribution in [-0.2, 0) is 16.0 Å². The molecule has 0 rings (SSSR count). The van der Waals surface area contributed by atoms with Gasteiger partial charge in [-0.3, -0.25) is 4.79 Å². The zero-order valence-electron chi connectivity index (χ0n) is 7.86. The maximum Gasteiger partial charge on any atom is 0.320 e. The molecule has 0 aromatic heterocycles. The molecule has 0 aromatic rings. The summed E-state index contributed by atoms with van der Waals surface area (Å²) >= 11 is -0.900. The SMILES string of the molecule is CCCC[S@+]([O-])CC[C@H](N)C(=O)O. The van der Waals surface area contributed by atoms with Crippen molar-refractivity contribution in [1.29, 1.82) is 0 Å². The van der Waals surface area contributed by atoms with Crippen LogP contribution in [-0.4, -0.2) is 33.2 Å². The minimum absolute atomic E-state index is 0.297. The molecule has 0 amide bonds. The normalized spacial score (nSPS) is 15.3. The standard InChI is InChI=1S/C8H17NO3S/c1-2-3-5-13(12)6-4-7(9)8(10)11/h7H,2-6,9H2,1H3,(H,10,11)/t7-,13-/m0/s1. The first-order valence-corrected chi connectivity index (χ1v) is 5.90. The number of rotatable bonds is 7. The van der Waals surface area contributed by atoms with Crippen LogP contribution in [0.3, 0.4) is 0 Å². The average Bonchev–Trinajstić information content (AvgIpc) is 2.10. The van der Waals surface area contributed by atoms with Crippen LogP contribution >= 0.6 is 0 Å². The predicted octanol–water partition coefficient (Wildman–Crippen LogP) is 0.337. The lowest BCUT2D eigenvalue weighted by Crippen LogP contribution is -2.32. The van der Waals surface area contributed by atoms with Crippen molar-refractivity contribution in [3.63, 3.8) is 0 Å². The van der Waals surface area contributed by atoms with E-state index in [0.717, 1.165) is 12.8 Å². The second-order valence-electron chi connectivity index (χ2n) is 2.94. The number of carboxylic acids is 1. The van der Waals surface area contributed by atoms with Crippen molar-refractivity contribution in [2.45, 2.75) is 32.2 Å². The van der Waals surface area contributed by atoms with Gasteiger partial charge < -0.3 is 15.4 Å². The van der Waals surface area contributed by atoms with Gasteiger partial charge in [-0.05, 0) is 6.42 Å². The Bertz CT molecular complexity index is 154. The molecule has 5 heteroatoms. The molecule has 0 heterocycles. The van der Waals surface area contributed by atoms with Crippen molar-refractivity contribution in [3.8, 4) is 0 Å². The van der Waals surface area contributed by atoms with Crippen molar-refractivity contribution < 1.29 is 14.5 Å². The molecule has 0 unspecified atom stereocenters. The Morgan fingerprint density at radius 3 is 2.69 bits per heavy atom. The Morgan fingerprint density at radius 1 is 1.62 bits per heavy atom. The fourth-order valence-corrected chi connectivity index (χ4v) is 2.12. The molecule has 0 aliphatic rings. The smallest absolute Gasteiger partial charge is 0.320 e. The Hall–Kier alpha value is -0.260. The molecule has 2 atom stereocenters. The highest BCUT2D eigenvalue weighted by Crippen LogP contribution is 2.01. The first-order chi connectivity index (χ1) is 6.07. The summed E-state index contributed by atoms with van der Waals surface area (Å²) in [5, 5.41) is 8.45. The van der Waals surface area contributed by atoms with E-state index in [1.165, 1.54) is 0 Å². The second-order valence-corrected chi connectivity index (χ2v) is 4.63. The lowest BCUT2D eigenvalue weighted by Gasteiger charge is -2.11. The average molecular weight is 207 g/mol. The molecule has 0 aliphatic heterocycles. The highest BCUT2D eigenvalue weighted by atomic mass is 32.2. The zero-order valence-corrected chi connectivity index (χ0v) is 8.68. The number of carbonyl (C=O) groups is 1. The highest BCUT2D eigenvalue weighted by Gasteiger charge is 2.14. The summed E-state index contributed by atoms with van der Waals surface area (Å²) in [7, 11) is 0.